The van der Waals surface area contributed by atoms with Crippen molar-refractivity contribution in [1.82, 2.24) is 10.2 Å². The second-order valence-electron chi connectivity index (χ2n) is 5.86. The number of hydrogen-bond acceptors (Lipinski definition) is 2. The quantitative estimate of drug-likeness (QED) is 0.833. The van der Waals surface area contributed by atoms with Gasteiger partial charge in [0.15, 0.2) is 0 Å². The first kappa shape index (κ1) is 12.7. The van der Waals surface area contributed by atoms with Gasteiger partial charge < -0.3 is 10.2 Å². The zero-order valence-electron chi connectivity index (χ0n) is 11.6. The first-order valence-electron chi connectivity index (χ1n) is 7.32. The lowest BCUT2D eigenvalue weighted by molar-refractivity contribution is -0.138. The molecule has 1 saturated heterocycles. The molecule has 2 atom stereocenters. The van der Waals surface area contributed by atoms with Crippen LogP contribution < -0.4 is 5.32 Å². The van der Waals surface area contributed by atoms with Crippen LogP contribution in [0.1, 0.15) is 24.5 Å². The van der Waals surface area contributed by atoms with Crippen molar-refractivity contribution < 1.29 is 4.79 Å². The van der Waals surface area contributed by atoms with Gasteiger partial charge in [-0.3, -0.25) is 4.79 Å². The van der Waals surface area contributed by atoms with Crippen LogP contribution in [0.15, 0.2) is 24.3 Å². The van der Waals surface area contributed by atoms with Crippen LogP contribution >= 0.6 is 0 Å². The van der Waals surface area contributed by atoms with Gasteiger partial charge in [0.1, 0.15) is 0 Å². The fraction of sp³-hybridized carbons (Fsp3) is 0.562. The van der Waals surface area contributed by atoms with E-state index in [4.69, 9.17) is 0 Å². The molecule has 1 aromatic rings. The van der Waals surface area contributed by atoms with Gasteiger partial charge in [-0.05, 0) is 36.4 Å². The minimum Gasteiger partial charge on any atom is -0.338 e. The molecule has 0 aliphatic carbocycles. The zero-order chi connectivity index (χ0) is 13.2. The van der Waals surface area contributed by atoms with Gasteiger partial charge in [0.25, 0.3) is 0 Å². The number of carbonyl (C=O) groups is 1. The van der Waals surface area contributed by atoms with Crippen molar-refractivity contribution in [3.8, 4) is 0 Å². The van der Waals surface area contributed by atoms with Crippen LogP contribution in [-0.2, 0) is 17.8 Å². The highest BCUT2D eigenvalue weighted by Gasteiger charge is 2.32. The summed E-state index contributed by atoms with van der Waals surface area (Å²) in [6.07, 6.45) is 2.11. The lowest BCUT2D eigenvalue weighted by atomic mass is 9.86. The van der Waals surface area contributed by atoms with E-state index in [0.29, 0.717) is 11.8 Å². The summed E-state index contributed by atoms with van der Waals surface area (Å²) in [5.74, 6) is 1.01. The predicted molar refractivity (Wildman–Crippen MR) is 75.7 cm³/mol. The second-order valence-corrected chi connectivity index (χ2v) is 5.86. The van der Waals surface area contributed by atoms with E-state index in [-0.39, 0.29) is 5.92 Å². The van der Waals surface area contributed by atoms with E-state index in [1.807, 2.05) is 0 Å². The van der Waals surface area contributed by atoms with E-state index in [9.17, 15) is 4.79 Å². The minimum absolute atomic E-state index is 0.166. The first-order chi connectivity index (χ1) is 9.25. The molecule has 0 saturated carbocycles. The van der Waals surface area contributed by atoms with Crippen molar-refractivity contribution in [2.75, 3.05) is 19.6 Å². The van der Waals surface area contributed by atoms with Crippen molar-refractivity contribution in [2.24, 2.45) is 11.8 Å². The molecule has 2 aliphatic heterocycles. The van der Waals surface area contributed by atoms with Gasteiger partial charge in [-0.25, -0.2) is 0 Å². The number of amides is 1. The molecule has 3 nitrogen and oxygen atoms in total. The van der Waals surface area contributed by atoms with Gasteiger partial charge >= 0.3 is 0 Å². The predicted octanol–water partition coefficient (Wildman–Crippen LogP) is 1.82. The topological polar surface area (TPSA) is 32.3 Å². The molecule has 102 valence electrons. The third kappa shape index (κ3) is 2.52. The molecule has 0 spiro atoms. The smallest absolute Gasteiger partial charge is 0.227 e. The van der Waals surface area contributed by atoms with Crippen LogP contribution in [0.3, 0.4) is 0 Å². The van der Waals surface area contributed by atoms with Crippen LogP contribution in [0.2, 0.25) is 0 Å². The highest BCUT2D eigenvalue weighted by molar-refractivity contribution is 5.79. The van der Waals surface area contributed by atoms with Gasteiger partial charge in [0.2, 0.25) is 5.91 Å². The molecule has 1 N–H and O–H groups in total. The Morgan fingerprint density at radius 2 is 2.11 bits per heavy atom. The number of fused-ring (bicyclic) bond motifs is 1. The number of hydrogen-bond donors (Lipinski definition) is 1. The van der Waals surface area contributed by atoms with Crippen LogP contribution in [0.4, 0.5) is 0 Å². The Kier molecular flexibility index (Phi) is 3.56. The molecule has 0 unspecified atom stereocenters. The molecular weight excluding hydrogens is 236 g/mol. The van der Waals surface area contributed by atoms with E-state index in [2.05, 4.69) is 41.4 Å². The Hall–Kier alpha value is -1.35. The van der Waals surface area contributed by atoms with Gasteiger partial charge in [0.05, 0.1) is 5.92 Å². The maximum Gasteiger partial charge on any atom is 0.227 e. The van der Waals surface area contributed by atoms with E-state index >= 15 is 0 Å². The Morgan fingerprint density at radius 3 is 2.89 bits per heavy atom. The van der Waals surface area contributed by atoms with Gasteiger partial charge in [-0.15, -0.1) is 0 Å². The largest absolute Gasteiger partial charge is 0.338 e. The summed E-state index contributed by atoms with van der Waals surface area (Å²) in [4.78, 5) is 14.7. The van der Waals surface area contributed by atoms with Crippen LogP contribution in [0, 0.1) is 11.8 Å². The van der Waals surface area contributed by atoms with Crippen molar-refractivity contribution >= 4 is 5.91 Å². The number of nitrogens with one attached hydrogen (secondary N) is 1. The molecular formula is C16H22N2O. The molecule has 3 rings (SSSR count). The molecule has 2 heterocycles. The second kappa shape index (κ2) is 5.33. The van der Waals surface area contributed by atoms with Crippen molar-refractivity contribution in [1.29, 1.82) is 0 Å². The maximum absolute atomic E-state index is 12.7. The van der Waals surface area contributed by atoms with Gasteiger partial charge in [-0.1, -0.05) is 31.2 Å². The van der Waals surface area contributed by atoms with Crippen molar-refractivity contribution in [3.63, 3.8) is 0 Å². The third-order valence-corrected chi connectivity index (χ3v) is 4.59. The Balaban J connectivity index is 1.72. The molecule has 19 heavy (non-hydrogen) atoms. The van der Waals surface area contributed by atoms with Crippen LogP contribution in [0.25, 0.3) is 0 Å². The number of carbonyl (C=O) groups excluding carboxylic acids is 1. The monoisotopic (exact) mass is 258 g/mol. The summed E-state index contributed by atoms with van der Waals surface area (Å²) < 4.78 is 0. The van der Waals surface area contributed by atoms with E-state index in [0.717, 1.165) is 39.0 Å². The summed E-state index contributed by atoms with van der Waals surface area (Å²) in [5.41, 5.74) is 2.72. The number of piperidine rings is 1. The van der Waals surface area contributed by atoms with Crippen LogP contribution in [0.5, 0.6) is 0 Å². The standard InChI is InChI=1S/C16H22N2O/c1-12-6-8-17-10-15(12)16(19)18-9-7-13-4-2-3-5-14(13)11-18/h2-5,12,15,17H,6-11H2,1H3/t12-,15+/m0/s1. The fourth-order valence-corrected chi connectivity index (χ4v) is 3.24. The van der Waals surface area contributed by atoms with Crippen molar-refractivity contribution in [3.05, 3.63) is 35.4 Å². The molecule has 0 radical (unpaired) electrons. The lowest BCUT2D eigenvalue weighted by Crippen LogP contribution is -2.47. The maximum atomic E-state index is 12.7. The minimum atomic E-state index is 0.166. The van der Waals surface area contributed by atoms with Crippen molar-refractivity contribution in [2.45, 2.75) is 26.3 Å². The first-order valence-corrected chi connectivity index (χ1v) is 7.32. The highest BCUT2D eigenvalue weighted by atomic mass is 16.2. The fourth-order valence-electron chi connectivity index (χ4n) is 3.24. The molecule has 0 aromatic heterocycles. The Morgan fingerprint density at radius 1 is 1.32 bits per heavy atom. The Labute approximate surface area is 115 Å². The molecule has 1 aromatic carbocycles. The molecule has 2 aliphatic rings. The SMILES string of the molecule is C[C@H]1CCNC[C@H]1C(=O)N1CCc2ccccc2C1. The lowest BCUT2D eigenvalue weighted by Gasteiger charge is -2.36. The van der Waals surface area contributed by atoms with Gasteiger partial charge in [-0.2, -0.15) is 0 Å². The third-order valence-electron chi connectivity index (χ3n) is 4.59. The summed E-state index contributed by atoms with van der Waals surface area (Å²) in [6, 6.07) is 8.49. The summed E-state index contributed by atoms with van der Waals surface area (Å²) in [5, 5.41) is 3.36. The average molecular weight is 258 g/mol. The molecule has 0 bridgehead atoms. The number of rotatable bonds is 1. The highest BCUT2D eigenvalue weighted by Crippen LogP contribution is 2.25. The zero-order valence-corrected chi connectivity index (χ0v) is 11.6. The van der Waals surface area contributed by atoms with Gasteiger partial charge in [0, 0.05) is 19.6 Å². The molecule has 1 amide bonds. The summed E-state index contributed by atoms with van der Waals surface area (Å²) >= 11 is 0. The average Bonchev–Trinajstić information content (AvgIpc) is 2.46. The summed E-state index contributed by atoms with van der Waals surface area (Å²) in [6.45, 7) is 5.77. The normalized spacial score (nSPS) is 26.9. The van der Waals surface area contributed by atoms with E-state index < -0.39 is 0 Å². The molecule has 3 heteroatoms. The summed E-state index contributed by atoms with van der Waals surface area (Å²) in [7, 11) is 0. The molecule has 1 fully saturated rings. The Bertz CT molecular complexity index is 472. The van der Waals surface area contributed by atoms with E-state index in [1.54, 1.807) is 0 Å². The number of nitrogens with zero attached hydrogens (tertiary/aromatic N) is 1. The van der Waals surface area contributed by atoms with Crippen LogP contribution in [-0.4, -0.2) is 30.4 Å². The van der Waals surface area contributed by atoms with E-state index in [1.165, 1.54) is 11.1 Å². The number of benzene rings is 1.